The second-order valence-electron chi connectivity index (χ2n) is 2.96. The van der Waals surface area contributed by atoms with Crippen LogP contribution < -0.4 is 0 Å². The largest absolute Gasteiger partial charge is 0.461 e. The summed E-state index contributed by atoms with van der Waals surface area (Å²) in [5.41, 5.74) is 0.735. The van der Waals surface area contributed by atoms with Crippen molar-refractivity contribution < 1.29 is 9.53 Å². The van der Waals surface area contributed by atoms with Crippen molar-refractivity contribution in [1.29, 1.82) is 0 Å². The van der Waals surface area contributed by atoms with E-state index in [0.717, 1.165) is 18.4 Å². The predicted octanol–water partition coefficient (Wildman–Crippen LogP) is 1.44. The Hall–Kier alpha value is -1.05. The van der Waals surface area contributed by atoms with Gasteiger partial charge in [0.15, 0.2) is 0 Å². The van der Waals surface area contributed by atoms with Crippen LogP contribution in [0.2, 0.25) is 0 Å². The normalized spacial score (nSPS) is 28.9. The molecule has 2 nitrogen and oxygen atoms in total. The van der Waals surface area contributed by atoms with Gasteiger partial charge in [-0.2, -0.15) is 0 Å². The molecule has 1 aliphatic heterocycles. The van der Waals surface area contributed by atoms with Crippen LogP contribution in [-0.2, 0) is 9.53 Å². The van der Waals surface area contributed by atoms with E-state index in [1.54, 1.807) is 0 Å². The van der Waals surface area contributed by atoms with Gasteiger partial charge in [-0.05, 0) is 12.8 Å². The lowest BCUT2D eigenvalue weighted by atomic mass is 10.0. The van der Waals surface area contributed by atoms with Crippen LogP contribution in [0.25, 0.3) is 0 Å². The van der Waals surface area contributed by atoms with Gasteiger partial charge in [0.25, 0.3) is 0 Å². The summed E-state index contributed by atoms with van der Waals surface area (Å²) in [6.07, 6.45) is 8.09. The van der Waals surface area contributed by atoms with E-state index in [4.69, 9.17) is 4.74 Å². The Kier molecular flexibility index (Phi) is 1.53. The van der Waals surface area contributed by atoms with Gasteiger partial charge in [-0.25, -0.2) is 4.79 Å². The van der Waals surface area contributed by atoms with Crippen molar-refractivity contribution in [3.8, 4) is 0 Å². The zero-order valence-electron chi connectivity index (χ0n) is 6.25. The van der Waals surface area contributed by atoms with E-state index >= 15 is 0 Å². The number of hydrogen-bond acceptors (Lipinski definition) is 2. The number of fused-ring (bicyclic) bond motifs is 1. The molecule has 2 aliphatic rings. The first kappa shape index (κ1) is 6.65. The molecule has 0 aromatic rings. The van der Waals surface area contributed by atoms with Crippen LogP contribution >= 0.6 is 0 Å². The van der Waals surface area contributed by atoms with E-state index in [2.05, 4.69) is 0 Å². The van der Waals surface area contributed by atoms with Crippen molar-refractivity contribution in [1.82, 2.24) is 0 Å². The SMILES string of the molecule is O=C1OCC2C=C1C=CCC2. The number of allylic oxidation sites excluding steroid dienone is 1. The molecular weight excluding hydrogens is 140 g/mol. The minimum absolute atomic E-state index is 0.167. The van der Waals surface area contributed by atoms with Gasteiger partial charge in [-0.15, -0.1) is 0 Å². The molecule has 0 saturated carbocycles. The molecule has 0 saturated heterocycles. The van der Waals surface area contributed by atoms with Gasteiger partial charge in [0.2, 0.25) is 0 Å². The fourth-order valence-electron chi connectivity index (χ4n) is 1.45. The highest BCUT2D eigenvalue weighted by Gasteiger charge is 2.20. The Morgan fingerprint density at radius 1 is 1.55 bits per heavy atom. The van der Waals surface area contributed by atoms with Gasteiger partial charge in [0.1, 0.15) is 0 Å². The Labute approximate surface area is 65.5 Å². The van der Waals surface area contributed by atoms with Gasteiger partial charge < -0.3 is 4.74 Å². The van der Waals surface area contributed by atoms with Crippen LogP contribution in [0.3, 0.4) is 0 Å². The van der Waals surface area contributed by atoms with Crippen molar-refractivity contribution in [2.45, 2.75) is 12.8 Å². The van der Waals surface area contributed by atoms with Gasteiger partial charge in [-0.1, -0.05) is 18.2 Å². The van der Waals surface area contributed by atoms with Crippen LogP contribution in [0, 0.1) is 5.92 Å². The van der Waals surface area contributed by atoms with E-state index in [-0.39, 0.29) is 5.97 Å². The van der Waals surface area contributed by atoms with E-state index in [9.17, 15) is 4.79 Å². The Balaban J connectivity index is 2.31. The number of carbonyl (C=O) groups excluding carboxylic acids is 1. The molecule has 58 valence electrons. The first-order valence-electron chi connectivity index (χ1n) is 3.92. The van der Waals surface area contributed by atoms with Crippen LogP contribution in [0.1, 0.15) is 12.8 Å². The standard InChI is InChI=1S/C9H10O2/c10-9-8-4-2-1-3-7(5-8)6-11-9/h2,4-5,7H,1,3,6H2. The van der Waals surface area contributed by atoms with Gasteiger partial charge in [0.05, 0.1) is 12.2 Å². The Bertz CT molecular complexity index is 236. The summed E-state index contributed by atoms with van der Waals surface area (Å²) in [5.74, 6) is 0.289. The van der Waals surface area contributed by atoms with Gasteiger partial charge >= 0.3 is 5.97 Å². The highest BCUT2D eigenvalue weighted by molar-refractivity contribution is 5.92. The lowest BCUT2D eigenvalue weighted by Gasteiger charge is -2.16. The van der Waals surface area contributed by atoms with Crippen LogP contribution in [-0.4, -0.2) is 12.6 Å². The monoisotopic (exact) mass is 150 g/mol. The van der Waals surface area contributed by atoms with E-state index < -0.39 is 0 Å². The molecule has 0 aromatic heterocycles. The Morgan fingerprint density at radius 2 is 2.45 bits per heavy atom. The molecule has 0 spiro atoms. The molecule has 2 heteroatoms. The minimum Gasteiger partial charge on any atom is -0.461 e. The van der Waals surface area contributed by atoms with Crippen LogP contribution in [0.5, 0.6) is 0 Å². The third kappa shape index (κ3) is 1.20. The van der Waals surface area contributed by atoms with Gasteiger partial charge in [-0.3, -0.25) is 0 Å². The summed E-state index contributed by atoms with van der Waals surface area (Å²) in [6, 6.07) is 0. The van der Waals surface area contributed by atoms with Crippen molar-refractivity contribution in [3.05, 3.63) is 23.8 Å². The summed E-state index contributed by atoms with van der Waals surface area (Å²) in [7, 11) is 0. The highest BCUT2D eigenvalue weighted by atomic mass is 16.5. The summed E-state index contributed by atoms with van der Waals surface area (Å²) in [4.78, 5) is 11.0. The van der Waals surface area contributed by atoms with Crippen molar-refractivity contribution in [2.75, 3.05) is 6.61 Å². The van der Waals surface area contributed by atoms with Crippen molar-refractivity contribution >= 4 is 5.97 Å². The molecule has 11 heavy (non-hydrogen) atoms. The van der Waals surface area contributed by atoms with Crippen LogP contribution in [0.4, 0.5) is 0 Å². The molecule has 0 N–H and O–H groups in total. The lowest BCUT2D eigenvalue weighted by Crippen LogP contribution is -2.19. The average Bonchev–Trinajstić information content (AvgIpc) is 2.21. The number of carbonyl (C=O) groups is 1. The molecule has 2 rings (SSSR count). The topological polar surface area (TPSA) is 26.3 Å². The predicted molar refractivity (Wildman–Crippen MR) is 40.9 cm³/mol. The molecular formula is C9H10O2. The first-order chi connectivity index (χ1) is 5.36. The molecule has 1 heterocycles. The second kappa shape index (κ2) is 2.53. The molecule has 0 aromatic carbocycles. The molecule has 1 unspecified atom stereocenters. The third-order valence-electron chi connectivity index (χ3n) is 2.08. The zero-order valence-corrected chi connectivity index (χ0v) is 6.25. The molecule has 0 amide bonds. The molecule has 1 aliphatic carbocycles. The maximum absolute atomic E-state index is 11.0. The maximum atomic E-state index is 11.0. The smallest absolute Gasteiger partial charge is 0.337 e. The summed E-state index contributed by atoms with van der Waals surface area (Å²) in [6.45, 7) is 0.573. The summed E-state index contributed by atoms with van der Waals surface area (Å²) >= 11 is 0. The van der Waals surface area contributed by atoms with E-state index in [1.807, 2.05) is 18.2 Å². The van der Waals surface area contributed by atoms with E-state index in [1.165, 1.54) is 0 Å². The first-order valence-corrected chi connectivity index (χ1v) is 3.92. The number of cyclic esters (lactones) is 1. The fraction of sp³-hybridized carbons (Fsp3) is 0.444. The quantitative estimate of drug-likeness (QED) is 0.488. The maximum Gasteiger partial charge on any atom is 0.337 e. The van der Waals surface area contributed by atoms with Crippen molar-refractivity contribution in [2.24, 2.45) is 5.92 Å². The van der Waals surface area contributed by atoms with Crippen LogP contribution in [0.15, 0.2) is 23.8 Å². The number of rotatable bonds is 0. The second-order valence-corrected chi connectivity index (χ2v) is 2.96. The molecule has 0 fully saturated rings. The van der Waals surface area contributed by atoms with Gasteiger partial charge in [0, 0.05) is 5.92 Å². The lowest BCUT2D eigenvalue weighted by molar-refractivity contribution is -0.140. The molecule has 2 bridgehead atoms. The zero-order chi connectivity index (χ0) is 7.68. The van der Waals surface area contributed by atoms with Crippen molar-refractivity contribution in [3.63, 3.8) is 0 Å². The summed E-state index contributed by atoms with van der Waals surface area (Å²) < 4.78 is 4.97. The third-order valence-corrected chi connectivity index (χ3v) is 2.08. The fourth-order valence-corrected chi connectivity index (χ4v) is 1.45. The Morgan fingerprint density at radius 3 is 3.36 bits per heavy atom. The minimum atomic E-state index is -0.167. The number of hydrogen-bond donors (Lipinski definition) is 0. The average molecular weight is 150 g/mol. The highest BCUT2D eigenvalue weighted by Crippen LogP contribution is 2.22. The summed E-state index contributed by atoms with van der Waals surface area (Å²) in [5, 5.41) is 0. The number of ether oxygens (including phenoxy) is 1. The molecule has 0 radical (unpaired) electrons. The van der Waals surface area contributed by atoms with E-state index in [0.29, 0.717) is 12.5 Å². The number of esters is 1. The molecule has 1 atom stereocenters.